The molecule has 10 nitrogen and oxygen atoms in total. The van der Waals surface area contributed by atoms with Gasteiger partial charge in [0.05, 0.1) is 24.2 Å². The van der Waals surface area contributed by atoms with Crippen LogP contribution >= 0.6 is 0 Å². The molecular weight excluding hydrogens is 525 g/mol. The minimum absolute atomic E-state index is 0.0143. The highest BCUT2D eigenvalue weighted by atomic mass is 19.1. The molecule has 0 atom stereocenters. The molecule has 0 unspecified atom stereocenters. The molecule has 4 aromatic heterocycles. The molecule has 11 heteroatoms. The van der Waals surface area contributed by atoms with E-state index in [4.69, 9.17) is 0 Å². The molecule has 41 heavy (non-hydrogen) atoms. The van der Waals surface area contributed by atoms with Crippen LogP contribution in [0.2, 0.25) is 0 Å². The Balaban J connectivity index is 1.31. The number of aliphatic hydroxyl groups is 1. The molecule has 2 aliphatic rings. The van der Waals surface area contributed by atoms with E-state index in [1.165, 1.54) is 21.4 Å². The van der Waals surface area contributed by atoms with Gasteiger partial charge in [-0.3, -0.25) is 18.8 Å². The quantitative estimate of drug-likeness (QED) is 0.295. The minimum atomic E-state index is -0.559. The Kier molecular flexibility index (Phi) is 6.06. The van der Waals surface area contributed by atoms with Crippen molar-refractivity contribution in [3.63, 3.8) is 0 Å². The number of hydrogen-bond acceptors (Lipinski definition) is 7. The summed E-state index contributed by atoms with van der Waals surface area (Å²) in [6.45, 7) is 1.84. The number of halogens is 1. The van der Waals surface area contributed by atoms with E-state index >= 15 is 4.39 Å². The second-order valence-electron chi connectivity index (χ2n) is 10.7. The van der Waals surface area contributed by atoms with Crippen molar-refractivity contribution in [2.24, 2.45) is 7.05 Å². The zero-order valence-electron chi connectivity index (χ0n) is 22.4. The SMILES string of the molecule is Cn1cc(-c2ccnc(-n3ccc4cc(C5CC5)cc(F)c4c3=O)c2CO)cc(Nc2cc3n(n2)CCNC3)c1=O. The lowest BCUT2D eigenvalue weighted by Gasteiger charge is -2.16. The molecule has 1 saturated carbocycles. The van der Waals surface area contributed by atoms with Crippen molar-refractivity contribution >= 4 is 22.3 Å². The minimum Gasteiger partial charge on any atom is -0.392 e. The van der Waals surface area contributed by atoms with Crippen LogP contribution in [0.3, 0.4) is 0 Å². The Labute approximate surface area is 233 Å². The molecule has 7 rings (SSSR count). The fraction of sp³-hybridized carbons (Fsp3) is 0.267. The van der Waals surface area contributed by atoms with Crippen LogP contribution in [0.4, 0.5) is 15.9 Å². The first-order valence-corrected chi connectivity index (χ1v) is 13.6. The molecular formula is C30H28FN7O3. The third-order valence-electron chi connectivity index (χ3n) is 7.87. The monoisotopic (exact) mass is 553 g/mol. The molecule has 0 bridgehead atoms. The molecule has 1 aliphatic carbocycles. The van der Waals surface area contributed by atoms with E-state index in [-0.39, 0.29) is 16.8 Å². The smallest absolute Gasteiger partial charge is 0.274 e. The van der Waals surface area contributed by atoms with Crippen LogP contribution in [-0.2, 0) is 26.7 Å². The van der Waals surface area contributed by atoms with Crippen LogP contribution in [0.15, 0.2) is 64.6 Å². The van der Waals surface area contributed by atoms with E-state index in [9.17, 15) is 14.7 Å². The van der Waals surface area contributed by atoms with Gasteiger partial charge in [0.2, 0.25) is 0 Å². The van der Waals surface area contributed by atoms with E-state index in [1.807, 2.05) is 16.8 Å². The maximum Gasteiger partial charge on any atom is 0.274 e. The van der Waals surface area contributed by atoms with Gasteiger partial charge >= 0.3 is 0 Å². The van der Waals surface area contributed by atoms with Crippen LogP contribution in [0, 0.1) is 5.82 Å². The largest absolute Gasteiger partial charge is 0.392 e. The summed E-state index contributed by atoms with van der Waals surface area (Å²) in [5.74, 6) is 0.550. The number of fused-ring (bicyclic) bond motifs is 2. The summed E-state index contributed by atoms with van der Waals surface area (Å²) in [5.41, 5.74) is 3.03. The molecule has 0 spiro atoms. The third kappa shape index (κ3) is 4.43. The van der Waals surface area contributed by atoms with Crippen LogP contribution in [0.5, 0.6) is 0 Å². The first kappa shape index (κ1) is 25.4. The average molecular weight is 554 g/mol. The third-order valence-corrected chi connectivity index (χ3v) is 7.87. The predicted molar refractivity (Wildman–Crippen MR) is 153 cm³/mol. The fourth-order valence-electron chi connectivity index (χ4n) is 5.62. The Morgan fingerprint density at radius 1 is 1.15 bits per heavy atom. The molecule has 1 aromatic carbocycles. The van der Waals surface area contributed by atoms with Gasteiger partial charge in [-0.25, -0.2) is 9.37 Å². The topological polar surface area (TPSA) is 119 Å². The van der Waals surface area contributed by atoms with Crippen molar-refractivity contribution in [2.45, 2.75) is 38.5 Å². The van der Waals surface area contributed by atoms with E-state index in [1.54, 1.807) is 37.6 Å². The van der Waals surface area contributed by atoms with E-state index in [0.717, 1.165) is 37.2 Å². The highest BCUT2D eigenvalue weighted by Crippen LogP contribution is 2.41. The highest BCUT2D eigenvalue weighted by Gasteiger charge is 2.25. The molecule has 1 fully saturated rings. The summed E-state index contributed by atoms with van der Waals surface area (Å²) in [5, 5.41) is 22.0. The number of pyridine rings is 3. The van der Waals surface area contributed by atoms with Gasteiger partial charge in [-0.05, 0) is 59.5 Å². The lowest BCUT2D eigenvalue weighted by atomic mass is 10.0. The normalized spacial score (nSPS) is 14.8. The zero-order chi connectivity index (χ0) is 28.2. The van der Waals surface area contributed by atoms with Crippen LogP contribution < -0.4 is 21.8 Å². The number of anilines is 2. The number of hydrogen-bond donors (Lipinski definition) is 3. The molecule has 0 radical (unpaired) electrons. The van der Waals surface area contributed by atoms with Crippen molar-refractivity contribution in [3.8, 4) is 16.9 Å². The van der Waals surface area contributed by atoms with Gasteiger partial charge in [0.1, 0.15) is 17.3 Å². The second kappa shape index (κ2) is 9.79. The Morgan fingerprint density at radius 2 is 2.00 bits per heavy atom. The summed E-state index contributed by atoms with van der Waals surface area (Å²) < 4.78 is 19.8. The van der Waals surface area contributed by atoms with Crippen molar-refractivity contribution in [3.05, 3.63) is 98.3 Å². The van der Waals surface area contributed by atoms with E-state index < -0.39 is 18.0 Å². The number of aromatic nitrogens is 5. The Morgan fingerprint density at radius 3 is 2.78 bits per heavy atom. The van der Waals surface area contributed by atoms with Gasteiger partial charge in [0.25, 0.3) is 11.1 Å². The number of benzene rings is 1. The van der Waals surface area contributed by atoms with Crippen molar-refractivity contribution in [2.75, 3.05) is 11.9 Å². The zero-order valence-corrected chi connectivity index (χ0v) is 22.4. The lowest BCUT2D eigenvalue weighted by Crippen LogP contribution is -2.28. The molecule has 3 N–H and O–H groups in total. The van der Waals surface area contributed by atoms with Gasteiger partial charge in [-0.1, -0.05) is 6.07 Å². The second-order valence-corrected chi connectivity index (χ2v) is 10.7. The first-order chi connectivity index (χ1) is 19.9. The van der Waals surface area contributed by atoms with Crippen molar-refractivity contribution < 1.29 is 9.50 Å². The fourth-order valence-corrected chi connectivity index (χ4v) is 5.62. The maximum absolute atomic E-state index is 15.2. The molecule has 1 aliphatic heterocycles. The van der Waals surface area contributed by atoms with Gasteiger partial charge < -0.3 is 20.3 Å². The van der Waals surface area contributed by atoms with Crippen LogP contribution in [0.25, 0.3) is 27.7 Å². The van der Waals surface area contributed by atoms with Crippen LogP contribution in [0.1, 0.15) is 35.6 Å². The molecule has 5 aromatic rings. The molecule has 0 amide bonds. The summed E-state index contributed by atoms with van der Waals surface area (Å²) >= 11 is 0. The predicted octanol–water partition coefficient (Wildman–Crippen LogP) is 3.30. The van der Waals surface area contributed by atoms with Gasteiger partial charge in [-0.2, -0.15) is 5.10 Å². The number of nitrogens with one attached hydrogen (secondary N) is 2. The Hall–Kier alpha value is -4.61. The van der Waals surface area contributed by atoms with Crippen molar-refractivity contribution in [1.82, 2.24) is 29.2 Å². The first-order valence-electron chi connectivity index (χ1n) is 13.6. The van der Waals surface area contributed by atoms with Gasteiger partial charge in [0.15, 0.2) is 5.82 Å². The van der Waals surface area contributed by atoms with E-state index in [2.05, 4.69) is 20.7 Å². The van der Waals surface area contributed by atoms with Gasteiger partial charge in [0, 0.05) is 55.9 Å². The standard InChI is InChI=1S/C30H28FN7O3/c1-36-15-20(12-25(29(36)40)34-26-13-21-14-32-7-9-38(21)35-26)22-4-6-33-28(23(22)16-39)37-8-5-18-10-19(17-2-3-17)11-24(31)27(18)30(37)41/h4-6,8,10-13,15,17,32,39H,2-3,7,9,14,16H2,1H3,(H,34,35). The molecule has 0 saturated heterocycles. The number of aliphatic hydroxyl groups excluding tert-OH is 1. The summed E-state index contributed by atoms with van der Waals surface area (Å²) in [6.07, 6.45) is 6.82. The summed E-state index contributed by atoms with van der Waals surface area (Å²) in [6, 6.07) is 10.4. The number of nitrogens with zero attached hydrogens (tertiary/aromatic N) is 5. The number of rotatable bonds is 6. The van der Waals surface area contributed by atoms with Crippen molar-refractivity contribution in [1.29, 1.82) is 0 Å². The molecule has 5 heterocycles. The summed E-state index contributed by atoms with van der Waals surface area (Å²) in [7, 11) is 1.65. The Bertz CT molecular complexity index is 1930. The average Bonchev–Trinajstić information content (AvgIpc) is 3.74. The highest BCUT2D eigenvalue weighted by molar-refractivity contribution is 5.83. The molecule has 208 valence electrons. The lowest BCUT2D eigenvalue weighted by molar-refractivity contribution is 0.281. The van der Waals surface area contributed by atoms with E-state index in [0.29, 0.717) is 46.0 Å². The van der Waals surface area contributed by atoms with Gasteiger partial charge in [-0.15, -0.1) is 0 Å². The summed E-state index contributed by atoms with van der Waals surface area (Å²) in [4.78, 5) is 31.0. The van der Waals surface area contributed by atoms with Crippen LogP contribution in [-0.4, -0.2) is 35.5 Å². The number of aryl methyl sites for hydroxylation is 1. The maximum atomic E-state index is 15.2.